The van der Waals surface area contributed by atoms with E-state index in [1.54, 1.807) is 6.20 Å². The van der Waals surface area contributed by atoms with Gasteiger partial charge in [0.05, 0.1) is 11.8 Å². The average Bonchev–Trinajstić information content (AvgIpc) is 3.09. The maximum Gasteiger partial charge on any atom is 0.272 e. The Morgan fingerprint density at radius 1 is 1.19 bits per heavy atom. The molecule has 0 spiro atoms. The summed E-state index contributed by atoms with van der Waals surface area (Å²) in [6.45, 7) is 2.31. The van der Waals surface area contributed by atoms with Gasteiger partial charge in [0.2, 0.25) is 5.91 Å². The number of nitrogens with zero attached hydrogens (tertiary/aromatic N) is 3. The van der Waals surface area contributed by atoms with Crippen molar-refractivity contribution in [3.05, 3.63) is 70.9 Å². The Morgan fingerprint density at radius 3 is 2.78 bits per heavy atom. The third kappa shape index (κ3) is 3.21. The molecule has 0 unspecified atom stereocenters. The predicted molar refractivity (Wildman–Crippen MR) is 107 cm³/mol. The van der Waals surface area contributed by atoms with E-state index in [0.717, 1.165) is 15.8 Å². The van der Waals surface area contributed by atoms with Crippen molar-refractivity contribution in [3.63, 3.8) is 0 Å². The molecule has 1 amide bonds. The highest BCUT2D eigenvalue weighted by molar-refractivity contribution is 7.25. The van der Waals surface area contributed by atoms with Crippen LogP contribution < -0.4 is 10.9 Å². The molecule has 0 saturated heterocycles. The Labute approximate surface area is 159 Å². The number of thiophene rings is 1. The van der Waals surface area contributed by atoms with Crippen molar-refractivity contribution in [2.24, 2.45) is 0 Å². The van der Waals surface area contributed by atoms with E-state index < -0.39 is 6.04 Å². The van der Waals surface area contributed by atoms with Crippen LogP contribution in [0.25, 0.3) is 20.4 Å². The van der Waals surface area contributed by atoms with Crippen LogP contribution in [0.5, 0.6) is 0 Å². The summed E-state index contributed by atoms with van der Waals surface area (Å²) in [6, 6.07) is 12.8. The first-order chi connectivity index (χ1) is 13.2. The normalized spacial score (nSPS) is 12.3. The summed E-state index contributed by atoms with van der Waals surface area (Å²) in [6.07, 6.45) is 3.67. The van der Waals surface area contributed by atoms with E-state index in [1.807, 2.05) is 49.4 Å². The highest BCUT2D eigenvalue weighted by Gasteiger charge is 2.22. The lowest BCUT2D eigenvalue weighted by Gasteiger charge is -2.17. The van der Waals surface area contributed by atoms with Gasteiger partial charge >= 0.3 is 0 Å². The molecule has 0 saturated carbocycles. The van der Waals surface area contributed by atoms with Crippen molar-refractivity contribution >= 4 is 37.7 Å². The largest absolute Gasteiger partial charge is 0.350 e. The summed E-state index contributed by atoms with van der Waals surface area (Å²) in [4.78, 5) is 35.2. The SMILES string of the molecule is CC[C@H](C(=O)NCc1ccccc1)n1cnc2c(sc3ncccc32)c1=O. The Hall–Kier alpha value is -3.06. The number of amides is 1. The van der Waals surface area contributed by atoms with Crippen molar-refractivity contribution in [3.8, 4) is 0 Å². The number of hydrogen-bond acceptors (Lipinski definition) is 5. The van der Waals surface area contributed by atoms with Crippen molar-refractivity contribution < 1.29 is 4.79 Å². The first-order valence-corrected chi connectivity index (χ1v) is 9.56. The third-order valence-electron chi connectivity index (χ3n) is 4.51. The molecule has 1 aromatic carbocycles. The van der Waals surface area contributed by atoms with Gasteiger partial charge in [0, 0.05) is 18.1 Å². The van der Waals surface area contributed by atoms with E-state index in [1.165, 1.54) is 22.2 Å². The van der Waals surface area contributed by atoms with Crippen LogP contribution in [0.15, 0.2) is 59.8 Å². The summed E-state index contributed by atoms with van der Waals surface area (Å²) in [5.74, 6) is -0.191. The smallest absolute Gasteiger partial charge is 0.272 e. The fraction of sp³-hybridized carbons (Fsp3) is 0.200. The minimum atomic E-state index is -0.601. The van der Waals surface area contributed by atoms with Crippen LogP contribution in [0.4, 0.5) is 0 Å². The van der Waals surface area contributed by atoms with Gasteiger partial charge in [-0.25, -0.2) is 9.97 Å². The van der Waals surface area contributed by atoms with Crippen molar-refractivity contribution in [2.45, 2.75) is 25.9 Å². The van der Waals surface area contributed by atoms with Crippen LogP contribution in [0.2, 0.25) is 0 Å². The van der Waals surface area contributed by atoms with Crippen LogP contribution in [-0.2, 0) is 11.3 Å². The molecule has 3 aromatic heterocycles. The zero-order valence-corrected chi connectivity index (χ0v) is 15.6. The zero-order chi connectivity index (χ0) is 18.8. The van der Waals surface area contributed by atoms with Gasteiger partial charge in [0.25, 0.3) is 5.56 Å². The van der Waals surface area contributed by atoms with Crippen molar-refractivity contribution in [2.75, 3.05) is 0 Å². The zero-order valence-electron chi connectivity index (χ0n) is 14.8. The number of carbonyl (C=O) groups is 1. The van der Waals surface area contributed by atoms with Gasteiger partial charge in [-0.05, 0) is 24.1 Å². The van der Waals surface area contributed by atoms with Gasteiger partial charge in [-0.15, -0.1) is 11.3 Å². The van der Waals surface area contributed by atoms with Crippen LogP contribution in [-0.4, -0.2) is 20.4 Å². The fourth-order valence-electron chi connectivity index (χ4n) is 3.12. The molecule has 0 fully saturated rings. The first-order valence-electron chi connectivity index (χ1n) is 8.75. The second-order valence-electron chi connectivity index (χ2n) is 6.22. The van der Waals surface area contributed by atoms with E-state index in [-0.39, 0.29) is 11.5 Å². The molecule has 0 bridgehead atoms. The topological polar surface area (TPSA) is 76.9 Å². The van der Waals surface area contributed by atoms with E-state index in [9.17, 15) is 9.59 Å². The van der Waals surface area contributed by atoms with Gasteiger partial charge in [-0.2, -0.15) is 0 Å². The molecular weight excluding hydrogens is 360 g/mol. The van der Waals surface area contributed by atoms with Crippen molar-refractivity contribution in [1.82, 2.24) is 19.9 Å². The minimum absolute atomic E-state index is 0.191. The molecule has 1 N–H and O–H groups in total. The number of aromatic nitrogens is 3. The number of rotatable bonds is 5. The molecule has 7 heteroatoms. The second-order valence-corrected chi connectivity index (χ2v) is 7.22. The number of pyridine rings is 1. The molecule has 0 radical (unpaired) electrons. The number of nitrogens with one attached hydrogen (secondary N) is 1. The number of hydrogen-bond donors (Lipinski definition) is 1. The van der Waals surface area contributed by atoms with Crippen LogP contribution in [0, 0.1) is 0 Å². The van der Waals surface area contributed by atoms with E-state index in [4.69, 9.17) is 0 Å². The third-order valence-corrected chi connectivity index (χ3v) is 5.61. The van der Waals surface area contributed by atoms with E-state index >= 15 is 0 Å². The van der Waals surface area contributed by atoms with Crippen molar-refractivity contribution in [1.29, 1.82) is 0 Å². The highest BCUT2D eigenvalue weighted by Crippen LogP contribution is 2.28. The number of carbonyl (C=O) groups excluding carboxylic acids is 1. The van der Waals surface area contributed by atoms with Gasteiger partial charge in [-0.1, -0.05) is 37.3 Å². The van der Waals surface area contributed by atoms with Gasteiger partial charge in [0.1, 0.15) is 15.6 Å². The summed E-state index contributed by atoms with van der Waals surface area (Å²) in [5.41, 5.74) is 1.45. The maximum absolute atomic E-state index is 13.0. The molecule has 1 atom stereocenters. The molecule has 4 rings (SSSR count). The molecule has 6 nitrogen and oxygen atoms in total. The predicted octanol–water partition coefficient (Wildman–Crippen LogP) is 3.27. The Kier molecular flexibility index (Phi) is 4.68. The molecule has 3 heterocycles. The first kappa shape index (κ1) is 17.4. The summed E-state index contributed by atoms with van der Waals surface area (Å²) < 4.78 is 1.96. The Balaban J connectivity index is 1.66. The Bertz CT molecular complexity index is 1170. The molecular formula is C20H18N4O2S. The lowest BCUT2D eigenvalue weighted by atomic mass is 10.2. The number of fused-ring (bicyclic) bond motifs is 3. The summed E-state index contributed by atoms with van der Waals surface area (Å²) >= 11 is 1.31. The number of benzene rings is 1. The van der Waals surface area contributed by atoms with E-state index in [2.05, 4.69) is 15.3 Å². The van der Waals surface area contributed by atoms with Crippen LogP contribution >= 0.6 is 11.3 Å². The van der Waals surface area contributed by atoms with Crippen LogP contribution in [0.1, 0.15) is 24.9 Å². The molecule has 27 heavy (non-hydrogen) atoms. The minimum Gasteiger partial charge on any atom is -0.350 e. The average molecular weight is 378 g/mol. The van der Waals surface area contributed by atoms with Gasteiger partial charge in [-0.3, -0.25) is 14.2 Å². The van der Waals surface area contributed by atoms with Gasteiger partial charge < -0.3 is 5.32 Å². The fourth-order valence-corrected chi connectivity index (χ4v) is 4.15. The molecule has 0 aliphatic rings. The highest BCUT2D eigenvalue weighted by atomic mass is 32.1. The lowest BCUT2D eigenvalue weighted by Crippen LogP contribution is -2.36. The molecule has 4 aromatic rings. The molecule has 0 aliphatic carbocycles. The quantitative estimate of drug-likeness (QED) is 0.578. The maximum atomic E-state index is 13.0. The molecule has 136 valence electrons. The molecule has 0 aliphatic heterocycles. The Morgan fingerprint density at radius 2 is 2.00 bits per heavy atom. The second kappa shape index (κ2) is 7.28. The monoisotopic (exact) mass is 378 g/mol. The summed E-state index contributed by atoms with van der Waals surface area (Å²) in [5, 5.41) is 3.78. The van der Waals surface area contributed by atoms with E-state index in [0.29, 0.717) is 23.2 Å². The van der Waals surface area contributed by atoms with Crippen LogP contribution in [0.3, 0.4) is 0 Å². The summed E-state index contributed by atoms with van der Waals surface area (Å²) in [7, 11) is 0. The lowest BCUT2D eigenvalue weighted by molar-refractivity contribution is -0.124. The standard InChI is InChI=1S/C20H18N4O2S/c1-2-15(18(25)22-11-13-7-4-3-5-8-13)24-12-23-16-14-9-6-10-21-19(14)27-17(16)20(24)26/h3-10,12,15H,2,11H2,1H3,(H,22,25)/t15-/m1/s1. The van der Waals surface area contributed by atoms with Gasteiger partial charge in [0.15, 0.2) is 0 Å².